The second-order valence-electron chi connectivity index (χ2n) is 4.45. The van der Waals surface area contributed by atoms with E-state index >= 15 is 0 Å². The molecule has 2 aromatic rings. The van der Waals surface area contributed by atoms with E-state index in [0.717, 1.165) is 22.2 Å². The molecule has 3 heteroatoms. The second-order valence-corrected chi connectivity index (χ2v) is 4.45. The number of H-pyrrole nitrogens is 1. The highest BCUT2D eigenvalue weighted by Gasteiger charge is 2.37. The molecule has 1 aromatic heterocycles. The van der Waals surface area contributed by atoms with Gasteiger partial charge in [0.15, 0.2) is 5.49 Å². The van der Waals surface area contributed by atoms with Crippen LogP contribution in [0.5, 0.6) is 0 Å². The lowest BCUT2D eigenvalue weighted by Crippen LogP contribution is -2.28. The van der Waals surface area contributed by atoms with Crippen LogP contribution in [0.3, 0.4) is 0 Å². The van der Waals surface area contributed by atoms with Gasteiger partial charge in [-0.3, -0.25) is 4.99 Å². The van der Waals surface area contributed by atoms with Crippen molar-refractivity contribution >= 4 is 6.08 Å². The van der Waals surface area contributed by atoms with Crippen molar-refractivity contribution in [3.63, 3.8) is 0 Å². The summed E-state index contributed by atoms with van der Waals surface area (Å²) in [6.45, 7) is 0. The molecule has 1 saturated carbocycles. The summed E-state index contributed by atoms with van der Waals surface area (Å²) in [5, 5.41) is 1.10. The van der Waals surface area contributed by atoms with Crippen LogP contribution in [-0.4, -0.2) is 16.0 Å². The average molecular weight is 209 g/mol. The molecule has 0 bridgehead atoms. The van der Waals surface area contributed by atoms with Crippen LogP contribution in [0.1, 0.15) is 6.42 Å². The minimum absolute atomic E-state index is 0.513. The van der Waals surface area contributed by atoms with Gasteiger partial charge in [-0.1, -0.05) is 36.4 Å². The predicted molar refractivity (Wildman–Crippen MR) is 61.2 cm³/mol. The molecule has 2 atom stereocenters. The lowest BCUT2D eigenvalue weighted by atomic mass is 10.2. The summed E-state index contributed by atoms with van der Waals surface area (Å²) in [5.41, 5.74) is 2.01. The number of rotatable bonds is 1. The number of imidazole rings is 1. The normalized spacial score (nSPS) is 25.0. The molecule has 2 heterocycles. The van der Waals surface area contributed by atoms with E-state index in [1.165, 1.54) is 6.42 Å². The van der Waals surface area contributed by atoms with Crippen LogP contribution >= 0.6 is 0 Å². The van der Waals surface area contributed by atoms with Gasteiger partial charge in [-0.25, -0.2) is 4.98 Å². The van der Waals surface area contributed by atoms with E-state index in [1.807, 2.05) is 18.2 Å². The molecule has 4 rings (SSSR count). The minimum atomic E-state index is 0.513. The Morgan fingerprint density at radius 3 is 2.94 bits per heavy atom. The van der Waals surface area contributed by atoms with Crippen molar-refractivity contribution in [2.45, 2.75) is 12.5 Å². The number of aromatic nitrogens is 2. The Balaban J connectivity index is 1.92. The van der Waals surface area contributed by atoms with Gasteiger partial charge in [0.25, 0.3) is 0 Å². The third-order valence-electron chi connectivity index (χ3n) is 3.23. The highest BCUT2D eigenvalue weighted by Crippen LogP contribution is 2.35. The zero-order valence-corrected chi connectivity index (χ0v) is 8.72. The maximum absolute atomic E-state index is 4.59. The number of benzene rings is 1. The monoisotopic (exact) mass is 209 g/mol. The molecule has 78 valence electrons. The number of hydrogen-bond acceptors (Lipinski definition) is 2. The van der Waals surface area contributed by atoms with Gasteiger partial charge in [0.1, 0.15) is 5.82 Å². The van der Waals surface area contributed by atoms with Crippen molar-refractivity contribution in [2.75, 3.05) is 0 Å². The molecule has 1 fully saturated rings. The zero-order chi connectivity index (χ0) is 10.5. The van der Waals surface area contributed by atoms with E-state index in [4.69, 9.17) is 0 Å². The summed E-state index contributed by atoms with van der Waals surface area (Å²) >= 11 is 0. The third kappa shape index (κ3) is 1.14. The van der Waals surface area contributed by atoms with Gasteiger partial charge in [0.05, 0.1) is 11.4 Å². The Hall–Kier alpha value is -1.90. The van der Waals surface area contributed by atoms with E-state index in [-0.39, 0.29) is 0 Å². The zero-order valence-electron chi connectivity index (χ0n) is 8.72. The first-order chi connectivity index (χ1) is 7.90. The van der Waals surface area contributed by atoms with Gasteiger partial charge in [-0.2, -0.15) is 0 Å². The van der Waals surface area contributed by atoms with Gasteiger partial charge >= 0.3 is 0 Å². The van der Waals surface area contributed by atoms with Crippen LogP contribution < -0.4 is 10.8 Å². The van der Waals surface area contributed by atoms with Crippen LogP contribution in [0.15, 0.2) is 35.3 Å². The Morgan fingerprint density at radius 2 is 2.06 bits per heavy atom. The molecule has 1 aromatic carbocycles. The Labute approximate surface area is 92.6 Å². The number of nitrogens with one attached hydrogen (secondary N) is 1. The topological polar surface area (TPSA) is 41.0 Å². The molecule has 2 aliphatic rings. The smallest absolute Gasteiger partial charge is 0.173 e. The van der Waals surface area contributed by atoms with Crippen molar-refractivity contribution in [3.05, 3.63) is 41.2 Å². The highest BCUT2D eigenvalue weighted by atomic mass is 15.0. The summed E-state index contributed by atoms with van der Waals surface area (Å²) in [6.07, 6.45) is 3.47. The number of hydrogen-bond donors (Lipinski definition) is 1. The minimum Gasteiger partial charge on any atom is -0.337 e. The molecule has 16 heavy (non-hydrogen) atoms. The molecular weight excluding hydrogens is 198 g/mol. The number of nitrogens with zero attached hydrogens (tertiary/aromatic N) is 2. The largest absolute Gasteiger partial charge is 0.337 e. The molecular formula is C13H11N3. The van der Waals surface area contributed by atoms with Gasteiger partial charge in [-0.05, 0) is 6.42 Å². The summed E-state index contributed by atoms with van der Waals surface area (Å²) in [6, 6.07) is 10.7. The molecule has 1 N–H and O–H groups in total. The maximum atomic E-state index is 4.59. The van der Waals surface area contributed by atoms with Crippen molar-refractivity contribution < 1.29 is 0 Å². The van der Waals surface area contributed by atoms with Crippen LogP contribution in [-0.2, 0) is 0 Å². The van der Waals surface area contributed by atoms with Gasteiger partial charge in [0, 0.05) is 11.5 Å². The van der Waals surface area contributed by atoms with Crippen molar-refractivity contribution in [1.82, 2.24) is 9.97 Å². The average Bonchev–Trinajstić information content (AvgIpc) is 2.95. The highest BCUT2D eigenvalue weighted by molar-refractivity contribution is 5.54. The summed E-state index contributed by atoms with van der Waals surface area (Å²) < 4.78 is 0. The fourth-order valence-corrected chi connectivity index (χ4v) is 2.22. The fraction of sp³-hybridized carbons (Fsp3) is 0.231. The molecule has 2 unspecified atom stereocenters. The van der Waals surface area contributed by atoms with Crippen molar-refractivity contribution in [2.24, 2.45) is 10.9 Å². The first kappa shape index (κ1) is 8.28. The number of fused-ring (bicyclic) bond motifs is 2. The first-order valence-corrected chi connectivity index (χ1v) is 5.61. The lowest BCUT2D eigenvalue weighted by molar-refractivity contribution is 0.904. The molecule has 1 aliphatic heterocycles. The van der Waals surface area contributed by atoms with Crippen molar-refractivity contribution in [3.8, 4) is 11.4 Å². The third-order valence-corrected chi connectivity index (χ3v) is 3.23. The molecule has 0 radical (unpaired) electrons. The van der Waals surface area contributed by atoms with Gasteiger partial charge < -0.3 is 4.98 Å². The molecule has 0 amide bonds. The van der Waals surface area contributed by atoms with E-state index in [9.17, 15) is 0 Å². The fourth-order valence-electron chi connectivity index (χ4n) is 2.22. The number of aromatic amines is 1. The Morgan fingerprint density at radius 1 is 1.19 bits per heavy atom. The van der Waals surface area contributed by atoms with E-state index in [2.05, 4.69) is 33.2 Å². The van der Waals surface area contributed by atoms with Crippen LogP contribution in [0.25, 0.3) is 17.5 Å². The molecule has 1 aliphatic carbocycles. The van der Waals surface area contributed by atoms with E-state index < -0.39 is 0 Å². The molecule has 0 spiro atoms. The van der Waals surface area contributed by atoms with Gasteiger partial charge in [0.2, 0.25) is 0 Å². The second kappa shape index (κ2) is 2.82. The van der Waals surface area contributed by atoms with E-state index in [0.29, 0.717) is 12.0 Å². The molecule has 0 saturated heterocycles. The maximum Gasteiger partial charge on any atom is 0.173 e. The van der Waals surface area contributed by atoms with Crippen LogP contribution in [0.2, 0.25) is 0 Å². The standard InChI is InChI=1S/C13H11N3/c1-2-4-8(5-3-1)12-15-11-7-9-6-10(9)14-13(11)16-12/h1-5,7,9-10H,6H2,(H,14,15,16). The van der Waals surface area contributed by atoms with E-state index in [1.54, 1.807) is 0 Å². The Bertz CT molecular complexity index is 617. The quantitative estimate of drug-likeness (QED) is 0.744. The summed E-state index contributed by atoms with van der Waals surface area (Å²) in [5.74, 6) is 1.59. The van der Waals surface area contributed by atoms with Gasteiger partial charge in [-0.15, -0.1) is 0 Å². The van der Waals surface area contributed by atoms with Crippen LogP contribution in [0.4, 0.5) is 0 Å². The predicted octanol–water partition coefficient (Wildman–Crippen LogP) is 0.879. The summed E-state index contributed by atoms with van der Waals surface area (Å²) in [7, 11) is 0. The first-order valence-electron chi connectivity index (χ1n) is 5.61. The van der Waals surface area contributed by atoms with Crippen molar-refractivity contribution in [1.29, 1.82) is 0 Å². The summed E-state index contributed by atoms with van der Waals surface area (Å²) in [4.78, 5) is 12.5. The Kier molecular flexibility index (Phi) is 1.46. The SMILES string of the molecule is C1=c2[nH]c(-c3ccccc3)nc2=NC2CC12. The molecule has 3 nitrogen and oxygen atoms in total. The van der Waals surface area contributed by atoms with Crippen LogP contribution in [0, 0.1) is 5.92 Å². The lowest BCUT2D eigenvalue weighted by Gasteiger charge is -1.92.